The molecule has 21 heteroatoms. The fourth-order valence-electron chi connectivity index (χ4n) is 3.51. The van der Waals surface area contributed by atoms with E-state index in [0.717, 1.165) is 77.1 Å². The molecule has 18 nitrogen and oxygen atoms in total. The van der Waals surface area contributed by atoms with Crippen LogP contribution in [0.3, 0.4) is 0 Å². The summed E-state index contributed by atoms with van der Waals surface area (Å²) in [5.74, 6) is 0. The van der Waals surface area contributed by atoms with Crippen molar-refractivity contribution < 1.29 is 40.0 Å². The third-order valence-corrected chi connectivity index (χ3v) is 10.6. The molecule has 3 aromatic carbocycles. The molecule has 0 spiro atoms. The molecule has 43 heavy (non-hydrogen) atoms. The molecule has 2 N–H and O–H groups in total. The van der Waals surface area contributed by atoms with E-state index in [1.54, 1.807) is 0 Å². The van der Waals surface area contributed by atoms with E-state index in [0.29, 0.717) is 0 Å². The summed E-state index contributed by atoms with van der Waals surface area (Å²) in [5, 5.41) is 32.6. The zero-order valence-corrected chi connectivity index (χ0v) is 24.1. The number of benzene rings is 3. The largest absolute Gasteiger partial charge is 0.269 e. The van der Waals surface area contributed by atoms with Crippen LogP contribution in [0.1, 0.15) is 0 Å². The Morgan fingerprint density at radius 3 is 1.07 bits per heavy atom. The number of nitro benzene ring substituents is 3. The highest BCUT2D eigenvalue weighted by molar-refractivity contribution is 7.90. The summed E-state index contributed by atoms with van der Waals surface area (Å²) in [6.07, 6.45) is 0. The highest BCUT2D eigenvalue weighted by atomic mass is 32.2. The lowest BCUT2D eigenvalue weighted by Crippen LogP contribution is -2.42. The normalized spacial score (nSPS) is 12.2. The lowest BCUT2D eigenvalue weighted by molar-refractivity contribution is -0.385. The van der Waals surface area contributed by atoms with E-state index in [9.17, 15) is 55.6 Å². The SMILES string of the molecule is O=[N+]([O-])c1ccc(S(=O)(=O)NCCN(CCNS(=O)(=O)c2ccc([N+](=O)[O-])cc2)S(=O)(=O)c2ccc([N+](=O)[O-])cc2)cc1. The van der Waals surface area contributed by atoms with Gasteiger partial charge in [-0.2, -0.15) is 4.31 Å². The van der Waals surface area contributed by atoms with Crippen LogP contribution in [0.15, 0.2) is 87.5 Å². The van der Waals surface area contributed by atoms with E-state index in [1.807, 2.05) is 0 Å². The van der Waals surface area contributed by atoms with Gasteiger partial charge in [0.05, 0.1) is 29.5 Å². The van der Waals surface area contributed by atoms with Crippen LogP contribution in [0.5, 0.6) is 0 Å². The second kappa shape index (κ2) is 13.3. The van der Waals surface area contributed by atoms with Crippen molar-refractivity contribution in [1.82, 2.24) is 13.7 Å². The zero-order valence-electron chi connectivity index (χ0n) is 21.7. The third-order valence-electron chi connectivity index (χ3n) is 5.71. The van der Waals surface area contributed by atoms with Crippen molar-refractivity contribution in [2.45, 2.75) is 14.7 Å². The quantitative estimate of drug-likeness (QED) is 0.173. The van der Waals surface area contributed by atoms with Gasteiger partial charge in [0.1, 0.15) is 0 Å². The van der Waals surface area contributed by atoms with Crippen molar-refractivity contribution in [3.05, 3.63) is 103 Å². The predicted molar refractivity (Wildman–Crippen MR) is 148 cm³/mol. The predicted octanol–water partition coefficient (Wildman–Crippen LogP) is 1.36. The van der Waals surface area contributed by atoms with Crippen molar-refractivity contribution >= 4 is 47.1 Å². The van der Waals surface area contributed by atoms with Gasteiger partial charge in [-0.15, -0.1) is 0 Å². The van der Waals surface area contributed by atoms with Gasteiger partial charge in [-0.05, 0) is 36.4 Å². The molecule has 0 atom stereocenters. The van der Waals surface area contributed by atoms with E-state index >= 15 is 0 Å². The van der Waals surface area contributed by atoms with Gasteiger partial charge in [-0.25, -0.2) is 34.7 Å². The molecule has 0 saturated heterocycles. The lowest BCUT2D eigenvalue weighted by Gasteiger charge is -2.22. The summed E-state index contributed by atoms with van der Waals surface area (Å²) in [4.78, 5) is 29.3. The Labute approximate surface area is 244 Å². The minimum Gasteiger partial charge on any atom is -0.258 e. The van der Waals surface area contributed by atoms with Gasteiger partial charge in [0, 0.05) is 62.6 Å². The average molecular weight is 659 g/mol. The molecule has 0 amide bonds. The number of non-ortho nitro benzene ring substituents is 3. The first-order valence-electron chi connectivity index (χ1n) is 11.8. The Morgan fingerprint density at radius 1 is 0.512 bits per heavy atom. The monoisotopic (exact) mass is 658 g/mol. The first-order valence-corrected chi connectivity index (χ1v) is 16.2. The summed E-state index contributed by atoms with van der Waals surface area (Å²) in [6.45, 7) is -2.07. The van der Waals surface area contributed by atoms with Crippen LogP contribution in [0.25, 0.3) is 0 Å². The average Bonchev–Trinajstić information content (AvgIpc) is 2.96. The number of sulfonamides is 3. The topological polar surface area (TPSA) is 259 Å². The highest BCUT2D eigenvalue weighted by Crippen LogP contribution is 2.21. The first kappa shape index (κ1) is 33.1. The summed E-state index contributed by atoms with van der Waals surface area (Å²) >= 11 is 0. The van der Waals surface area contributed by atoms with Gasteiger partial charge in [0.2, 0.25) is 30.1 Å². The minimum absolute atomic E-state index is 0.335. The maximum Gasteiger partial charge on any atom is 0.269 e. The van der Waals surface area contributed by atoms with Crippen LogP contribution in [-0.2, 0) is 30.1 Å². The first-order chi connectivity index (χ1) is 20.0. The standard InChI is InChI=1S/C22H22N6O12S3/c29-26(30)17-1-7-20(8-2-17)41(35,36)23-13-15-25(43(39,40)22-11-5-19(6-12-22)28(33)34)16-14-24-42(37,38)21-9-3-18(4-10-21)27(31)32/h1-12,23-24H,13-16H2. The van der Waals surface area contributed by atoms with Gasteiger partial charge in [-0.3, -0.25) is 30.3 Å². The molecule has 3 rings (SSSR count). The molecule has 3 aromatic rings. The molecule has 0 aliphatic rings. The molecular weight excluding hydrogens is 636 g/mol. The van der Waals surface area contributed by atoms with E-state index in [4.69, 9.17) is 0 Å². The van der Waals surface area contributed by atoms with Crippen molar-refractivity contribution in [3.63, 3.8) is 0 Å². The fourth-order valence-corrected chi connectivity index (χ4v) is 6.99. The van der Waals surface area contributed by atoms with Gasteiger partial charge >= 0.3 is 0 Å². The minimum atomic E-state index is -4.45. The lowest BCUT2D eigenvalue weighted by atomic mass is 10.3. The number of nitrogens with zero attached hydrogens (tertiary/aromatic N) is 4. The molecule has 0 heterocycles. The van der Waals surface area contributed by atoms with Crippen molar-refractivity contribution in [3.8, 4) is 0 Å². The summed E-state index contributed by atoms with van der Waals surface area (Å²) in [6, 6.07) is 11.6. The third kappa shape index (κ3) is 8.33. The van der Waals surface area contributed by atoms with Crippen LogP contribution in [0.2, 0.25) is 0 Å². The van der Waals surface area contributed by atoms with Gasteiger partial charge in [0.15, 0.2) is 0 Å². The van der Waals surface area contributed by atoms with E-state index in [1.165, 1.54) is 0 Å². The van der Waals surface area contributed by atoms with Crippen LogP contribution >= 0.6 is 0 Å². The molecule has 0 unspecified atom stereocenters. The second-order valence-corrected chi connectivity index (χ2v) is 13.9. The van der Waals surface area contributed by atoms with Crippen LogP contribution < -0.4 is 9.44 Å². The number of nitrogens with one attached hydrogen (secondary N) is 2. The van der Waals surface area contributed by atoms with Crippen molar-refractivity contribution in [2.24, 2.45) is 0 Å². The molecule has 0 aliphatic heterocycles. The Morgan fingerprint density at radius 2 is 0.791 bits per heavy atom. The maximum atomic E-state index is 13.3. The molecule has 0 bridgehead atoms. The molecule has 0 saturated carbocycles. The summed E-state index contributed by atoms with van der Waals surface area (Å²) < 4.78 is 82.3. The molecule has 0 aliphatic carbocycles. The van der Waals surface area contributed by atoms with Gasteiger partial charge in [0.25, 0.3) is 17.1 Å². The second-order valence-electron chi connectivity index (χ2n) is 8.45. The Bertz CT molecular complexity index is 1740. The number of nitro groups is 3. The number of hydrogen-bond donors (Lipinski definition) is 2. The zero-order chi connectivity index (χ0) is 32.0. The molecule has 0 fully saturated rings. The fraction of sp³-hybridized carbons (Fsp3) is 0.182. The number of rotatable bonds is 15. The van der Waals surface area contributed by atoms with Crippen LogP contribution in [-0.4, -0.2) is 70.5 Å². The number of hydrogen-bond acceptors (Lipinski definition) is 12. The van der Waals surface area contributed by atoms with E-state index in [2.05, 4.69) is 9.44 Å². The summed E-state index contributed by atoms with van der Waals surface area (Å²) in [7, 11) is -12.9. The molecule has 230 valence electrons. The maximum absolute atomic E-state index is 13.3. The van der Waals surface area contributed by atoms with Crippen molar-refractivity contribution in [1.29, 1.82) is 0 Å². The summed E-state index contributed by atoms with van der Waals surface area (Å²) in [5.41, 5.74) is -1.09. The Hall–Kier alpha value is -4.41. The Kier molecular flexibility index (Phi) is 10.2. The van der Waals surface area contributed by atoms with Crippen LogP contribution in [0, 0.1) is 30.3 Å². The van der Waals surface area contributed by atoms with Crippen molar-refractivity contribution in [2.75, 3.05) is 26.2 Å². The Balaban J connectivity index is 1.78. The van der Waals surface area contributed by atoms with E-state index in [-0.39, 0.29) is 21.2 Å². The smallest absolute Gasteiger partial charge is 0.258 e. The highest BCUT2D eigenvalue weighted by Gasteiger charge is 2.27. The molecule has 0 radical (unpaired) electrons. The molecule has 0 aromatic heterocycles. The molecular formula is C22H22N6O12S3. The van der Waals surface area contributed by atoms with Crippen LogP contribution in [0.4, 0.5) is 17.1 Å². The van der Waals surface area contributed by atoms with E-state index < -0.39 is 81.6 Å². The van der Waals surface area contributed by atoms with Gasteiger partial charge in [-0.1, -0.05) is 0 Å². The van der Waals surface area contributed by atoms with Gasteiger partial charge < -0.3 is 0 Å².